The number of aromatic carboxylic acids is 1. The van der Waals surface area contributed by atoms with Gasteiger partial charge in [0, 0.05) is 25.3 Å². The van der Waals surface area contributed by atoms with Gasteiger partial charge in [0.25, 0.3) is 0 Å². The lowest BCUT2D eigenvalue weighted by Crippen LogP contribution is -2.38. The van der Waals surface area contributed by atoms with E-state index < -0.39 is 17.2 Å². The van der Waals surface area contributed by atoms with Gasteiger partial charge >= 0.3 is 5.97 Å². The number of hydrogen-bond acceptors (Lipinski definition) is 5. The molecule has 2 N–H and O–H groups in total. The highest BCUT2D eigenvalue weighted by Crippen LogP contribution is 2.43. The Kier molecular flexibility index (Phi) is 5.69. The van der Waals surface area contributed by atoms with Gasteiger partial charge < -0.3 is 24.6 Å². The van der Waals surface area contributed by atoms with E-state index in [2.05, 4.69) is 5.32 Å². The third-order valence-corrected chi connectivity index (χ3v) is 6.15. The van der Waals surface area contributed by atoms with Gasteiger partial charge in [0.15, 0.2) is 11.6 Å². The summed E-state index contributed by atoms with van der Waals surface area (Å²) in [5.41, 5.74) is -0.205. The Balaban J connectivity index is 1.91. The van der Waals surface area contributed by atoms with Crippen molar-refractivity contribution < 1.29 is 19.0 Å². The number of pyridine rings is 1. The van der Waals surface area contributed by atoms with Crippen LogP contribution in [0.15, 0.2) is 17.1 Å². The summed E-state index contributed by atoms with van der Waals surface area (Å²) >= 11 is 0. The van der Waals surface area contributed by atoms with Crippen LogP contribution >= 0.6 is 0 Å². The van der Waals surface area contributed by atoms with Crippen LogP contribution < -0.4 is 20.4 Å². The molecule has 1 aromatic heterocycles. The molecule has 1 saturated heterocycles. The summed E-state index contributed by atoms with van der Waals surface area (Å²) in [5, 5.41) is 12.9. The number of carboxylic acids is 1. The molecular formula is C22H28FN3O4. The number of methoxy groups -OCH3 is 1. The van der Waals surface area contributed by atoms with Crippen LogP contribution in [0.3, 0.4) is 0 Å². The molecule has 0 amide bonds. The molecule has 1 aliphatic carbocycles. The lowest BCUT2D eigenvalue weighted by atomic mass is 9.98. The third kappa shape index (κ3) is 3.64. The van der Waals surface area contributed by atoms with Crippen molar-refractivity contribution in [3.63, 3.8) is 0 Å². The summed E-state index contributed by atoms with van der Waals surface area (Å²) in [4.78, 5) is 26.4. The van der Waals surface area contributed by atoms with Crippen LogP contribution in [-0.4, -0.2) is 48.9 Å². The molecule has 2 aromatic rings. The molecule has 0 unspecified atom stereocenters. The first-order valence-electron chi connectivity index (χ1n) is 10.6. The molecule has 2 fully saturated rings. The van der Waals surface area contributed by atoms with E-state index in [-0.39, 0.29) is 17.0 Å². The van der Waals surface area contributed by atoms with Crippen molar-refractivity contribution in [3.8, 4) is 5.75 Å². The van der Waals surface area contributed by atoms with Gasteiger partial charge in [-0.05, 0) is 57.7 Å². The molecule has 1 saturated carbocycles. The first-order chi connectivity index (χ1) is 14.5. The minimum Gasteiger partial charge on any atom is -0.492 e. The van der Waals surface area contributed by atoms with Gasteiger partial charge in [-0.1, -0.05) is 0 Å². The number of anilines is 1. The Morgan fingerprint density at radius 1 is 1.40 bits per heavy atom. The van der Waals surface area contributed by atoms with Gasteiger partial charge in [0.1, 0.15) is 11.3 Å². The number of hydrogen-bond donors (Lipinski definition) is 2. The highest BCUT2D eigenvalue weighted by atomic mass is 19.1. The van der Waals surface area contributed by atoms with Crippen LogP contribution in [0, 0.1) is 11.7 Å². The van der Waals surface area contributed by atoms with Crippen molar-refractivity contribution in [1.82, 2.24) is 9.88 Å². The van der Waals surface area contributed by atoms with Crippen LogP contribution in [0.5, 0.6) is 5.75 Å². The summed E-state index contributed by atoms with van der Waals surface area (Å²) in [6.07, 6.45) is 5.33. The van der Waals surface area contributed by atoms with Crippen molar-refractivity contribution >= 4 is 22.6 Å². The number of rotatable bonds is 7. The van der Waals surface area contributed by atoms with Crippen molar-refractivity contribution in [1.29, 1.82) is 0 Å². The van der Waals surface area contributed by atoms with Crippen LogP contribution in [0.2, 0.25) is 0 Å². The number of carbonyl (C=O) groups is 1. The number of fused-ring (bicyclic) bond motifs is 1. The maximum Gasteiger partial charge on any atom is 0.341 e. The second-order valence-corrected chi connectivity index (χ2v) is 8.20. The van der Waals surface area contributed by atoms with Gasteiger partial charge in [0.05, 0.1) is 18.0 Å². The van der Waals surface area contributed by atoms with E-state index in [4.69, 9.17) is 4.74 Å². The summed E-state index contributed by atoms with van der Waals surface area (Å²) in [6.45, 7) is 5.15. The van der Waals surface area contributed by atoms with E-state index in [1.165, 1.54) is 19.4 Å². The number of halogens is 1. The summed E-state index contributed by atoms with van der Waals surface area (Å²) in [7, 11) is 1.47. The number of ether oxygens (including phenoxy) is 1. The first-order valence-corrected chi connectivity index (χ1v) is 10.6. The number of benzene rings is 1. The number of nitrogens with zero attached hydrogens (tertiary/aromatic N) is 2. The third-order valence-electron chi connectivity index (χ3n) is 6.15. The fraction of sp³-hybridized carbons (Fsp3) is 0.545. The van der Waals surface area contributed by atoms with Gasteiger partial charge in [-0.2, -0.15) is 0 Å². The van der Waals surface area contributed by atoms with Crippen LogP contribution in [0.1, 0.15) is 49.0 Å². The predicted molar refractivity (Wildman–Crippen MR) is 113 cm³/mol. The van der Waals surface area contributed by atoms with E-state index in [0.717, 1.165) is 38.8 Å². The van der Waals surface area contributed by atoms with Crippen LogP contribution in [-0.2, 0) is 0 Å². The monoisotopic (exact) mass is 417 g/mol. The minimum atomic E-state index is -1.31. The lowest BCUT2D eigenvalue weighted by Gasteiger charge is -2.32. The molecule has 30 heavy (non-hydrogen) atoms. The molecule has 0 bridgehead atoms. The molecular weight excluding hydrogens is 389 g/mol. The zero-order chi connectivity index (χ0) is 21.4. The first kappa shape index (κ1) is 20.7. The van der Waals surface area contributed by atoms with Gasteiger partial charge in [-0.15, -0.1) is 0 Å². The zero-order valence-corrected chi connectivity index (χ0v) is 17.4. The van der Waals surface area contributed by atoms with E-state index in [9.17, 15) is 14.7 Å². The molecule has 2 aliphatic rings. The van der Waals surface area contributed by atoms with E-state index in [1.807, 2.05) is 11.8 Å². The Morgan fingerprint density at radius 2 is 2.17 bits per heavy atom. The smallest absolute Gasteiger partial charge is 0.341 e. The molecule has 1 aliphatic heterocycles. The molecule has 0 radical (unpaired) electrons. The number of carboxylic acid groups (broad SMARTS) is 1. The summed E-state index contributed by atoms with van der Waals surface area (Å²) in [5.74, 6) is -1.17. The molecule has 7 nitrogen and oxygen atoms in total. The summed E-state index contributed by atoms with van der Waals surface area (Å²) in [6, 6.07) is 1.28. The fourth-order valence-electron chi connectivity index (χ4n) is 4.49. The second kappa shape index (κ2) is 8.26. The average molecular weight is 417 g/mol. The lowest BCUT2D eigenvalue weighted by molar-refractivity contribution is 0.0695. The van der Waals surface area contributed by atoms with Crippen molar-refractivity contribution in [2.75, 3.05) is 38.2 Å². The average Bonchev–Trinajstić information content (AvgIpc) is 3.58. The topological polar surface area (TPSA) is 83.8 Å². The number of aromatic nitrogens is 1. The Bertz CT molecular complexity index is 1030. The molecule has 0 spiro atoms. The maximum atomic E-state index is 15.4. The van der Waals surface area contributed by atoms with Gasteiger partial charge in [-0.25, -0.2) is 9.18 Å². The number of piperidine rings is 1. The highest BCUT2D eigenvalue weighted by molar-refractivity contribution is 5.97. The maximum absolute atomic E-state index is 15.4. The van der Waals surface area contributed by atoms with Gasteiger partial charge in [0.2, 0.25) is 5.43 Å². The highest BCUT2D eigenvalue weighted by Gasteiger charge is 2.31. The SMILES string of the molecule is CCN(C[C@@H]1CCCNC1)c1c(F)cc2c(=O)c(C(=O)O)cn(C3CC3)c2c1OC. The van der Waals surface area contributed by atoms with Gasteiger partial charge in [-0.3, -0.25) is 4.79 Å². The van der Waals surface area contributed by atoms with E-state index in [0.29, 0.717) is 36.0 Å². The van der Waals surface area contributed by atoms with E-state index >= 15 is 4.39 Å². The molecule has 162 valence electrons. The van der Waals surface area contributed by atoms with Crippen LogP contribution in [0.25, 0.3) is 10.9 Å². The standard InChI is InChI=1S/C22H28FN3O4/c1-3-25(11-13-5-4-8-24-10-13)19-17(23)9-15-18(21(19)30-2)26(14-6-7-14)12-16(20(15)27)22(28)29/h9,12-14,24H,3-8,10-11H2,1-2H3,(H,28,29)/t13-/m1/s1. The molecule has 1 aromatic carbocycles. The molecule has 8 heteroatoms. The van der Waals surface area contributed by atoms with Crippen molar-refractivity contribution in [2.24, 2.45) is 5.92 Å². The van der Waals surface area contributed by atoms with Crippen molar-refractivity contribution in [3.05, 3.63) is 33.9 Å². The molecule has 1 atom stereocenters. The Hall–Kier alpha value is -2.61. The Labute approximate surface area is 174 Å². The number of nitrogens with one attached hydrogen (secondary N) is 1. The summed E-state index contributed by atoms with van der Waals surface area (Å²) < 4.78 is 22.9. The molecule has 2 heterocycles. The molecule has 4 rings (SSSR count). The largest absolute Gasteiger partial charge is 0.492 e. The predicted octanol–water partition coefficient (Wildman–Crippen LogP) is 3.01. The van der Waals surface area contributed by atoms with Crippen molar-refractivity contribution in [2.45, 2.75) is 38.6 Å². The normalized spacial score (nSPS) is 19.1. The van der Waals surface area contributed by atoms with Crippen LogP contribution in [0.4, 0.5) is 10.1 Å². The minimum absolute atomic E-state index is 0.0512. The zero-order valence-electron chi connectivity index (χ0n) is 17.4. The van der Waals surface area contributed by atoms with E-state index in [1.54, 1.807) is 4.57 Å². The quantitative estimate of drug-likeness (QED) is 0.721. The Morgan fingerprint density at radius 3 is 2.73 bits per heavy atom. The fourth-order valence-corrected chi connectivity index (χ4v) is 4.49. The second-order valence-electron chi connectivity index (χ2n) is 8.20.